The summed E-state index contributed by atoms with van der Waals surface area (Å²) in [7, 11) is 0. The van der Waals surface area contributed by atoms with Crippen molar-refractivity contribution in [2.75, 3.05) is 36.5 Å². The molecule has 0 spiro atoms. The van der Waals surface area contributed by atoms with Crippen molar-refractivity contribution < 1.29 is 14.3 Å². The van der Waals surface area contributed by atoms with Crippen LogP contribution in [0.1, 0.15) is 26.5 Å². The topological polar surface area (TPSA) is 112 Å². The van der Waals surface area contributed by atoms with Crippen LogP contribution < -0.4 is 21.5 Å². The van der Waals surface area contributed by atoms with Crippen LogP contribution in [0, 0.1) is 6.92 Å². The lowest BCUT2D eigenvalue weighted by atomic mass is 10.1. The van der Waals surface area contributed by atoms with Gasteiger partial charge in [0, 0.05) is 24.3 Å². The monoisotopic (exact) mass is 411 g/mol. The molecule has 0 unspecified atom stereocenters. The average molecular weight is 412 g/mol. The molecule has 1 aliphatic heterocycles. The van der Waals surface area contributed by atoms with Crippen LogP contribution in [0.25, 0.3) is 0 Å². The number of amides is 2. The first-order valence-corrected chi connectivity index (χ1v) is 9.00. The number of H-pyrrole nitrogens is 1. The van der Waals surface area contributed by atoms with Crippen LogP contribution in [0.5, 0.6) is 0 Å². The number of rotatable bonds is 4. The maximum Gasteiger partial charge on any atom is 0.273 e. The summed E-state index contributed by atoms with van der Waals surface area (Å²) in [6.45, 7) is 4.09. The third kappa shape index (κ3) is 4.03. The molecule has 0 bridgehead atoms. The summed E-state index contributed by atoms with van der Waals surface area (Å²) in [6, 6.07) is 4.91. The molecule has 1 saturated heterocycles. The predicted octanol–water partition coefficient (Wildman–Crippen LogP) is 2.32. The van der Waals surface area contributed by atoms with E-state index in [4.69, 9.17) is 33.8 Å². The quantitative estimate of drug-likeness (QED) is 0.350. The summed E-state index contributed by atoms with van der Waals surface area (Å²) in [4.78, 5) is 29.5. The molecule has 5 N–H and O–H groups in total. The van der Waals surface area contributed by atoms with E-state index in [0.29, 0.717) is 54.0 Å². The van der Waals surface area contributed by atoms with Crippen LogP contribution >= 0.6 is 23.2 Å². The van der Waals surface area contributed by atoms with E-state index in [1.165, 1.54) is 0 Å². The van der Waals surface area contributed by atoms with E-state index in [0.717, 1.165) is 0 Å². The Hall–Kier alpha value is -2.26. The number of morpholine rings is 1. The first kappa shape index (κ1) is 19.5. The number of aromatic nitrogens is 1. The molecule has 1 aliphatic rings. The largest absolute Gasteiger partial charge is 0.378 e. The number of nitrogens with one attached hydrogen (secondary N) is 3. The smallest absolute Gasteiger partial charge is 0.273 e. The molecule has 2 heterocycles. The van der Waals surface area contributed by atoms with Crippen LogP contribution in [0.15, 0.2) is 18.2 Å². The number of hydrogen-bond donors (Lipinski definition) is 4. The normalized spacial score (nSPS) is 14.1. The number of aryl methyl sites for hydroxylation is 1. The molecule has 0 atom stereocenters. The van der Waals surface area contributed by atoms with Crippen molar-refractivity contribution in [3.63, 3.8) is 0 Å². The first-order chi connectivity index (χ1) is 12.9. The van der Waals surface area contributed by atoms with Gasteiger partial charge in [-0.2, -0.15) is 0 Å². The number of hydrogen-bond acceptors (Lipinski definition) is 5. The first-order valence-electron chi connectivity index (χ1n) is 8.25. The molecule has 1 aromatic carbocycles. The van der Waals surface area contributed by atoms with Gasteiger partial charge in [0.2, 0.25) is 0 Å². The third-order valence-corrected chi connectivity index (χ3v) is 5.22. The van der Waals surface area contributed by atoms with Gasteiger partial charge in [-0.1, -0.05) is 23.2 Å². The summed E-state index contributed by atoms with van der Waals surface area (Å²) < 4.78 is 5.38. The second kappa shape index (κ2) is 8.18. The molecule has 27 heavy (non-hydrogen) atoms. The predicted molar refractivity (Wildman–Crippen MR) is 105 cm³/mol. The molecule has 0 saturated carbocycles. The minimum atomic E-state index is -0.430. The lowest BCUT2D eigenvalue weighted by Crippen LogP contribution is -2.37. The van der Waals surface area contributed by atoms with Crippen LogP contribution in [0.2, 0.25) is 10.0 Å². The van der Waals surface area contributed by atoms with E-state index in [1.807, 2.05) is 4.90 Å². The molecule has 1 aromatic heterocycles. The van der Waals surface area contributed by atoms with E-state index >= 15 is 0 Å². The van der Waals surface area contributed by atoms with Gasteiger partial charge in [0.1, 0.15) is 5.69 Å². The Morgan fingerprint density at radius 3 is 2.48 bits per heavy atom. The van der Waals surface area contributed by atoms with Gasteiger partial charge in [0.05, 0.1) is 34.6 Å². The summed E-state index contributed by atoms with van der Waals surface area (Å²) >= 11 is 12.2. The minimum Gasteiger partial charge on any atom is -0.378 e. The highest BCUT2D eigenvalue weighted by Crippen LogP contribution is 2.32. The molecule has 3 rings (SSSR count). The van der Waals surface area contributed by atoms with Gasteiger partial charge in [-0.3, -0.25) is 15.0 Å². The third-order valence-electron chi connectivity index (χ3n) is 4.27. The highest BCUT2D eigenvalue weighted by molar-refractivity contribution is 6.44. The minimum absolute atomic E-state index is 0.165. The van der Waals surface area contributed by atoms with Gasteiger partial charge in [-0.25, -0.2) is 5.84 Å². The lowest BCUT2D eigenvalue weighted by Gasteiger charge is -2.31. The summed E-state index contributed by atoms with van der Waals surface area (Å²) in [5.74, 6) is 4.38. The van der Waals surface area contributed by atoms with Gasteiger partial charge in [-0.05, 0) is 25.1 Å². The van der Waals surface area contributed by atoms with Crippen LogP contribution in [0.3, 0.4) is 0 Å². The molecule has 144 valence electrons. The van der Waals surface area contributed by atoms with E-state index in [1.54, 1.807) is 25.1 Å². The number of carbonyl (C=O) groups excluding carboxylic acids is 2. The van der Waals surface area contributed by atoms with Gasteiger partial charge in [0.15, 0.2) is 0 Å². The van der Waals surface area contributed by atoms with Crippen molar-refractivity contribution in [3.05, 3.63) is 45.2 Å². The fourth-order valence-corrected chi connectivity index (χ4v) is 3.26. The number of carbonyl (C=O) groups is 2. The Labute approximate surface area is 165 Å². The summed E-state index contributed by atoms with van der Waals surface area (Å²) in [5.41, 5.74) is 4.50. The number of ether oxygens (including phenoxy) is 1. The maximum absolute atomic E-state index is 12.7. The van der Waals surface area contributed by atoms with Crippen molar-refractivity contribution in [1.29, 1.82) is 0 Å². The zero-order valence-corrected chi connectivity index (χ0v) is 16.1. The number of halogens is 2. The highest BCUT2D eigenvalue weighted by atomic mass is 35.5. The summed E-state index contributed by atoms with van der Waals surface area (Å²) in [5, 5.41) is 3.31. The van der Waals surface area contributed by atoms with E-state index in [2.05, 4.69) is 15.7 Å². The maximum atomic E-state index is 12.7. The molecule has 0 radical (unpaired) electrons. The van der Waals surface area contributed by atoms with Gasteiger partial charge >= 0.3 is 0 Å². The molecular weight excluding hydrogens is 393 g/mol. The molecule has 0 aliphatic carbocycles. The fourth-order valence-electron chi connectivity index (χ4n) is 2.84. The van der Waals surface area contributed by atoms with Crippen molar-refractivity contribution in [2.24, 2.45) is 5.84 Å². The average Bonchev–Trinajstić information content (AvgIpc) is 2.95. The SMILES string of the molecule is Cc1[nH]c(C(=O)Nc2ccc(C(=O)NN)cc2N2CCOCC2)c(Cl)c1Cl. The standard InChI is InChI=1S/C17H19Cl2N5O3/c1-9-13(18)14(19)15(21-9)17(26)22-11-3-2-10(16(25)23-20)8-12(11)24-4-6-27-7-5-24/h2-3,8,21H,4-7,20H2,1H3,(H,22,26)(H,23,25). The van der Waals surface area contributed by atoms with E-state index < -0.39 is 11.8 Å². The van der Waals surface area contributed by atoms with Crippen LogP contribution in [0.4, 0.5) is 11.4 Å². The second-order valence-corrected chi connectivity index (χ2v) is 6.77. The molecule has 10 heteroatoms. The van der Waals surface area contributed by atoms with Crippen molar-refractivity contribution in [3.8, 4) is 0 Å². The number of nitrogen functional groups attached to an aromatic ring is 1. The number of hydrazine groups is 1. The number of aromatic amines is 1. The van der Waals surface area contributed by atoms with E-state index in [-0.39, 0.29) is 10.7 Å². The number of anilines is 2. The Morgan fingerprint density at radius 1 is 1.19 bits per heavy atom. The zero-order valence-electron chi connectivity index (χ0n) is 14.6. The highest BCUT2D eigenvalue weighted by Gasteiger charge is 2.22. The lowest BCUT2D eigenvalue weighted by molar-refractivity contribution is 0.0953. The second-order valence-electron chi connectivity index (χ2n) is 6.01. The summed E-state index contributed by atoms with van der Waals surface area (Å²) in [6.07, 6.45) is 0. The fraction of sp³-hybridized carbons (Fsp3) is 0.294. The van der Waals surface area contributed by atoms with Gasteiger partial charge in [0.25, 0.3) is 11.8 Å². The Morgan fingerprint density at radius 2 is 1.89 bits per heavy atom. The molecule has 1 fully saturated rings. The van der Waals surface area contributed by atoms with Gasteiger partial charge in [-0.15, -0.1) is 0 Å². The van der Waals surface area contributed by atoms with Crippen molar-refractivity contribution >= 4 is 46.4 Å². The number of nitrogens with two attached hydrogens (primary N) is 1. The van der Waals surface area contributed by atoms with Crippen molar-refractivity contribution in [1.82, 2.24) is 10.4 Å². The molecular formula is C17H19Cl2N5O3. The van der Waals surface area contributed by atoms with Crippen molar-refractivity contribution in [2.45, 2.75) is 6.92 Å². The number of nitrogens with zero attached hydrogens (tertiary/aromatic N) is 1. The van der Waals surface area contributed by atoms with Gasteiger partial charge < -0.3 is 19.9 Å². The zero-order chi connectivity index (χ0) is 19.6. The van der Waals surface area contributed by atoms with Crippen LogP contribution in [-0.4, -0.2) is 43.1 Å². The Kier molecular flexibility index (Phi) is 5.91. The molecule has 2 amide bonds. The van der Waals surface area contributed by atoms with Crippen LogP contribution in [-0.2, 0) is 4.74 Å². The Bertz CT molecular complexity index is 878. The molecule has 2 aromatic rings. The Balaban J connectivity index is 1.94. The van der Waals surface area contributed by atoms with E-state index in [9.17, 15) is 9.59 Å². The molecule has 8 nitrogen and oxygen atoms in total. The number of benzene rings is 1.